The normalized spacial score (nSPS) is 25.9. The molecule has 1 aromatic carbocycles. The molecule has 108 valence electrons. The number of fused-ring (bicyclic) bond motifs is 1. The molecule has 2 aliphatic rings. The highest BCUT2D eigenvalue weighted by atomic mass is 32.1. The summed E-state index contributed by atoms with van der Waals surface area (Å²) in [5.41, 5.74) is 2.39. The van der Waals surface area contributed by atoms with E-state index < -0.39 is 0 Å². The maximum absolute atomic E-state index is 5.60. The fourth-order valence-corrected chi connectivity index (χ4v) is 3.91. The Bertz CT molecular complexity index is 468. The van der Waals surface area contributed by atoms with E-state index in [1.54, 1.807) is 0 Å². The quantitative estimate of drug-likeness (QED) is 0.780. The Morgan fingerprint density at radius 3 is 2.55 bits per heavy atom. The molecule has 1 heterocycles. The molecule has 1 aliphatic heterocycles. The van der Waals surface area contributed by atoms with E-state index in [1.165, 1.54) is 37.7 Å². The second kappa shape index (κ2) is 6.13. The van der Waals surface area contributed by atoms with Crippen LogP contribution in [0, 0.1) is 18.8 Å². The summed E-state index contributed by atoms with van der Waals surface area (Å²) in [7, 11) is 0. The van der Waals surface area contributed by atoms with E-state index in [4.69, 9.17) is 12.2 Å². The molecule has 3 rings (SSSR count). The summed E-state index contributed by atoms with van der Waals surface area (Å²) in [6.07, 6.45) is 7.01. The maximum Gasteiger partial charge on any atom is 0.173 e. The van der Waals surface area contributed by atoms with Crippen molar-refractivity contribution in [2.75, 3.05) is 18.4 Å². The van der Waals surface area contributed by atoms with Crippen LogP contribution >= 0.6 is 12.2 Å². The molecule has 0 radical (unpaired) electrons. The third-order valence-electron chi connectivity index (χ3n) is 4.88. The van der Waals surface area contributed by atoms with Crippen molar-refractivity contribution in [2.45, 2.75) is 39.0 Å². The Kier molecular flexibility index (Phi) is 4.25. The van der Waals surface area contributed by atoms with E-state index in [1.807, 2.05) is 0 Å². The number of nitrogens with one attached hydrogen (secondary N) is 1. The minimum atomic E-state index is 0.871. The molecular weight excluding hydrogens is 264 g/mol. The highest BCUT2D eigenvalue weighted by Gasteiger charge is 2.31. The summed E-state index contributed by atoms with van der Waals surface area (Å²) in [6.45, 7) is 4.39. The van der Waals surface area contributed by atoms with E-state index in [2.05, 4.69) is 41.4 Å². The van der Waals surface area contributed by atoms with Gasteiger partial charge in [0.05, 0.1) is 0 Å². The molecule has 1 N–H and O–H groups in total. The van der Waals surface area contributed by atoms with Crippen molar-refractivity contribution in [2.24, 2.45) is 11.8 Å². The van der Waals surface area contributed by atoms with E-state index in [-0.39, 0.29) is 0 Å². The van der Waals surface area contributed by atoms with Crippen molar-refractivity contribution in [3.05, 3.63) is 29.8 Å². The molecule has 3 heteroatoms. The van der Waals surface area contributed by atoms with E-state index in [0.29, 0.717) is 0 Å². The maximum atomic E-state index is 5.60. The van der Waals surface area contributed by atoms with Gasteiger partial charge in [0.25, 0.3) is 0 Å². The molecule has 1 saturated heterocycles. The summed E-state index contributed by atoms with van der Waals surface area (Å²) < 4.78 is 0. The average molecular weight is 288 g/mol. The van der Waals surface area contributed by atoms with Crippen LogP contribution in [-0.4, -0.2) is 23.1 Å². The first-order valence-corrected chi connectivity index (χ1v) is 8.26. The molecule has 0 unspecified atom stereocenters. The van der Waals surface area contributed by atoms with Gasteiger partial charge in [-0.05, 0) is 56.0 Å². The molecule has 1 aliphatic carbocycles. The number of anilines is 1. The molecule has 2 nitrogen and oxygen atoms in total. The van der Waals surface area contributed by atoms with Crippen LogP contribution < -0.4 is 5.32 Å². The second-order valence-electron chi connectivity index (χ2n) is 6.34. The minimum absolute atomic E-state index is 0.871. The summed E-state index contributed by atoms with van der Waals surface area (Å²) in [4.78, 5) is 2.38. The summed E-state index contributed by atoms with van der Waals surface area (Å²) >= 11 is 5.60. The Morgan fingerprint density at radius 2 is 1.80 bits per heavy atom. The summed E-state index contributed by atoms with van der Waals surface area (Å²) in [6, 6.07) is 8.46. The van der Waals surface area contributed by atoms with Gasteiger partial charge in [0.15, 0.2) is 5.11 Å². The first-order valence-electron chi connectivity index (χ1n) is 7.85. The number of hydrogen-bond acceptors (Lipinski definition) is 1. The molecule has 20 heavy (non-hydrogen) atoms. The Labute approximate surface area is 127 Å². The van der Waals surface area contributed by atoms with Gasteiger partial charge in [0.1, 0.15) is 0 Å². The first kappa shape index (κ1) is 13.9. The van der Waals surface area contributed by atoms with Crippen LogP contribution in [0.2, 0.25) is 0 Å². The van der Waals surface area contributed by atoms with Gasteiger partial charge >= 0.3 is 0 Å². The molecule has 0 aromatic heterocycles. The number of benzene rings is 1. The highest BCUT2D eigenvalue weighted by Crippen LogP contribution is 2.36. The van der Waals surface area contributed by atoms with Crippen molar-refractivity contribution in [3.63, 3.8) is 0 Å². The number of aryl methyl sites for hydroxylation is 1. The smallest absolute Gasteiger partial charge is 0.173 e. The lowest BCUT2D eigenvalue weighted by molar-refractivity contribution is 0.131. The molecular formula is C17H24N2S. The molecule has 0 amide bonds. The van der Waals surface area contributed by atoms with Crippen LogP contribution in [-0.2, 0) is 0 Å². The van der Waals surface area contributed by atoms with Gasteiger partial charge in [0, 0.05) is 18.8 Å². The van der Waals surface area contributed by atoms with Crippen molar-refractivity contribution in [3.8, 4) is 0 Å². The number of thiocarbonyl (C=S) groups is 1. The highest BCUT2D eigenvalue weighted by molar-refractivity contribution is 7.80. The Morgan fingerprint density at radius 1 is 1.10 bits per heavy atom. The average Bonchev–Trinajstić information content (AvgIpc) is 2.49. The van der Waals surface area contributed by atoms with Crippen LogP contribution in [0.3, 0.4) is 0 Å². The third kappa shape index (κ3) is 3.14. The number of likely N-dealkylation sites (tertiary alicyclic amines) is 1. The fourth-order valence-electron chi connectivity index (χ4n) is 3.62. The largest absolute Gasteiger partial charge is 0.349 e. The van der Waals surface area contributed by atoms with Crippen LogP contribution in [0.4, 0.5) is 5.69 Å². The van der Waals surface area contributed by atoms with Crippen LogP contribution in [0.15, 0.2) is 24.3 Å². The fraction of sp³-hybridized carbons (Fsp3) is 0.588. The Hall–Kier alpha value is -1.09. The summed E-state index contributed by atoms with van der Waals surface area (Å²) in [5.74, 6) is 1.83. The lowest BCUT2D eigenvalue weighted by Crippen LogP contribution is -2.46. The van der Waals surface area contributed by atoms with Gasteiger partial charge in [-0.25, -0.2) is 0 Å². The van der Waals surface area contributed by atoms with E-state index in [0.717, 1.165) is 35.7 Å². The summed E-state index contributed by atoms with van der Waals surface area (Å²) in [5, 5.41) is 4.29. The zero-order chi connectivity index (χ0) is 13.9. The predicted octanol–water partition coefficient (Wildman–Crippen LogP) is 4.20. The molecule has 0 bridgehead atoms. The van der Waals surface area contributed by atoms with Crippen LogP contribution in [0.5, 0.6) is 0 Å². The van der Waals surface area contributed by atoms with Gasteiger partial charge in [-0.15, -0.1) is 0 Å². The molecule has 0 spiro atoms. The second-order valence-corrected chi connectivity index (χ2v) is 6.72. The van der Waals surface area contributed by atoms with Crippen molar-refractivity contribution in [1.82, 2.24) is 4.90 Å². The van der Waals surface area contributed by atoms with Crippen LogP contribution in [0.1, 0.15) is 37.7 Å². The standard InChI is InChI=1S/C17H24N2S/c1-13-6-8-16(9-7-13)18-17(20)19-11-10-14-4-2-3-5-15(14)12-19/h6-9,14-15H,2-5,10-12H2,1H3,(H,18,20)/t14-,15+/m1/s1. The first-order chi connectivity index (χ1) is 9.72. The Balaban J connectivity index is 1.58. The number of piperidine rings is 1. The number of nitrogens with zero attached hydrogens (tertiary/aromatic N) is 1. The van der Waals surface area contributed by atoms with E-state index >= 15 is 0 Å². The van der Waals surface area contributed by atoms with Gasteiger partial charge in [-0.1, -0.05) is 37.0 Å². The van der Waals surface area contributed by atoms with Gasteiger partial charge in [0.2, 0.25) is 0 Å². The number of hydrogen-bond donors (Lipinski definition) is 1. The zero-order valence-electron chi connectivity index (χ0n) is 12.3. The van der Waals surface area contributed by atoms with Gasteiger partial charge in [-0.2, -0.15) is 0 Å². The SMILES string of the molecule is Cc1ccc(NC(=S)N2CC[C@H]3CCCC[C@H]3C2)cc1. The third-order valence-corrected chi connectivity index (χ3v) is 5.24. The number of rotatable bonds is 1. The monoisotopic (exact) mass is 288 g/mol. The molecule has 1 saturated carbocycles. The predicted molar refractivity (Wildman–Crippen MR) is 89.0 cm³/mol. The molecule has 2 fully saturated rings. The van der Waals surface area contributed by atoms with E-state index in [9.17, 15) is 0 Å². The van der Waals surface area contributed by atoms with Crippen molar-refractivity contribution < 1.29 is 0 Å². The lowest BCUT2D eigenvalue weighted by atomic mass is 9.75. The molecule has 1 aromatic rings. The van der Waals surface area contributed by atoms with Crippen molar-refractivity contribution in [1.29, 1.82) is 0 Å². The zero-order valence-corrected chi connectivity index (χ0v) is 13.1. The van der Waals surface area contributed by atoms with Gasteiger partial charge < -0.3 is 10.2 Å². The van der Waals surface area contributed by atoms with Crippen molar-refractivity contribution >= 4 is 23.0 Å². The molecule has 2 atom stereocenters. The minimum Gasteiger partial charge on any atom is -0.349 e. The van der Waals surface area contributed by atoms with Gasteiger partial charge in [-0.3, -0.25) is 0 Å². The van der Waals surface area contributed by atoms with Crippen LogP contribution in [0.25, 0.3) is 0 Å². The lowest BCUT2D eigenvalue weighted by Gasteiger charge is -2.42. The topological polar surface area (TPSA) is 15.3 Å².